The summed E-state index contributed by atoms with van der Waals surface area (Å²) < 4.78 is 5.73. The van der Waals surface area contributed by atoms with Crippen LogP contribution in [-0.2, 0) is 6.61 Å². The Morgan fingerprint density at radius 3 is 2.62 bits per heavy atom. The molecule has 24 heavy (non-hydrogen) atoms. The standard InChI is InChI=1S/C18H21ClN2O2S/c1-11(2)21(14-6-7-14)18(22)17-12(3)20-16(24-17)10-23-15-8-4-13(19)5-9-15/h4-5,8-9,11,14H,6-7,10H2,1-3H3. The number of aryl methyl sites for hydroxylation is 1. The van der Waals surface area contributed by atoms with Crippen LogP contribution in [0.2, 0.25) is 5.02 Å². The molecule has 0 radical (unpaired) electrons. The maximum absolute atomic E-state index is 12.9. The summed E-state index contributed by atoms with van der Waals surface area (Å²) in [5, 5.41) is 1.49. The minimum atomic E-state index is 0.0974. The van der Waals surface area contributed by atoms with Gasteiger partial charge in [0.2, 0.25) is 0 Å². The number of ether oxygens (including phenoxy) is 1. The summed E-state index contributed by atoms with van der Waals surface area (Å²) in [5.41, 5.74) is 0.783. The zero-order valence-electron chi connectivity index (χ0n) is 14.1. The van der Waals surface area contributed by atoms with Crippen LogP contribution in [0, 0.1) is 6.92 Å². The number of carbonyl (C=O) groups is 1. The maximum Gasteiger partial charge on any atom is 0.266 e. The molecule has 3 rings (SSSR count). The Hall–Kier alpha value is -1.59. The van der Waals surface area contributed by atoms with E-state index in [0.717, 1.165) is 34.2 Å². The minimum absolute atomic E-state index is 0.0974. The molecule has 0 N–H and O–H groups in total. The van der Waals surface area contributed by atoms with Gasteiger partial charge in [-0.25, -0.2) is 4.98 Å². The molecule has 2 aromatic rings. The number of aromatic nitrogens is 1. The maximum atomic E-state index is 12.9. The smallest absolute Gasteiger partial charge is 0.266 e. The van der Waals surface area contributed by atoms with Crippen molar-refractivity contribution in [2.24, 2.45) is 0 Å². The molecule has 1 heterocycles. The zero-order valence-corrected chi connectivity index (χ0v) is 15.7. The van der Waals surface area contributed by atoms with Crippen LogP contribution in [0.25, 0.3) is 0 Å². The number of carbonyl (C=O) groups excluding carboxylic acids is 1. The molecule has 1 aliphatic rings. The molecule has 1 fully saturated rings. The fraction of sp³-hybridized carbons (Fsp3) is 0.444. The van der Waals surface area contributed by atoms with Crippen molar-refractivity contribution in [3.05, 3.63) is 44.9 Å². The Morgan fingerprint density at radius 2 is 2.04 bits per heavy atom. The third-order valence-electron chi connectivity index (χ3n) is 3.94. The first kappa shape index (κ1) is 17.2. The van der Waals surface area contributed by atoms with Crippen LogP contribution in [-0.4, -0.2) is 27.9 Å². The largest absolute Gasteiger partial charge is 0.486 e. The average molecular weight is 365 g/mol. The fourth-order valence-corrected chi connectivity index (χ4v) is 3.73. The number of amides is 1. The van der Waals surface area contributed by atoms with Crippen LogP contribution in [0.3, 0.4) is 0 Å². The molecule has 1 amide bonds. The molecule has 4 nitrogen and oxygen atoms in total. The molecule has 1 aromatic carbocycles. The van der Waals surface area contributed by atoms with Gasteiger partial charge in [-0.3, -0.25) is 4.79 Å². The van der Waals surface area contributed by atoms with Crippen molar-refractivity contribution in [1.29, 1.82) is 0 Å². The van der Waals surface area contributed by atoms with Crippen molar-refractivity contribution < 1.29 is 9.53 Å². The van der Waals surface area contributed by atoms with Gasteiger partial charge in [0.15, 0.2) is 0 Å². The Balaban J connectivity index is 1.70. The fourth-order valence-electron chi connectivity index (χ4n) is 2.68. The highest BCUT2D eigenvalue weighted by Gasteiger charge is 2.36. The summed E-state index contributed by atoms with van der Waals surface area (Å²) in [6, 6.07) is 7.82. The van der Waals surface area contributed by atoms with Gasteiger partial charge in [-0.15, -0.1) is 11.3 Å². The van der Waals surface area contributed by atoms with E-state index in [4.69, 9.17) is 16.3 Å². The number of nitrogens with zero attached hydrogens (tertiary/aromatic N) is 2. The third kappa shape index (κ3) is 3.90. The normalized spacial score (nSPS) is 14.0. The van der Waals surface area contributed by atoms with Crippen molar-refractivity contribution in [3.63, 3.8) is 0 Å². The molecule has 0 saturated heterocycles. The van der Waals surface area contributed by atoms with Gasteiger partial charge >= 0.3 is 0 Å². The van der Waals surface area contributed by atoms with Crippen molar-refractivity contribution in [3.8, 4) is 5.75 Å². The molecule has 1 aromatic heterocycles. The monoisotopic (exact) mass is 364 g/mol. The molecule has 0 bridgehead atoms. The number of benzene rings is 1. The predicted octanol–water partition coefficient (Wildman–Crippen LogP) is 4.70. The van der Waals surface area contributed by atoms with E-state index in [1.165, 1.54) is 11.3 Å². The summed E-state index contributed by atoms with van der Waals surface area (Å²) in [5.74, 6) is 0.835. The van der Waals surface area contributed by atoms with Crippen LogP contribution in [0.1, 0.15) is 47.1 Å². The lowest BCUT2D eigenvalue weighted by molar-refractivity contribution is 0.0694. The van der Waals surface area contributed by atoms with Gasteiger partial charge in [-0.2, -0.15) is 0 Å². The van der Waals surface area contributed by atoms with E-state index in [0.29, 0.717) is 17.7 Å². The molecule has 0 spiro atoms. The van der Waals surface area contributed by atoms with Gasteiger partial charge < -0.3 is 9.64 Å². The van der Waals surface area contributed by atoms with E-state index in [-0.39, 0.29) is 11.9 Å². The number of rotatable bonds is 6. The number of hydrogen-bond acceptors (Lipinski definition) is 4. The van der Waals surface area contributed by atoms with Crippen LogP contribution in [0.5, 0.6) is 5.75 Å². The van der Waals surface area contributed by atoms with Gasteiger partial charge in [-0.1, -0.05) is 11.6 Å². The summed E-state index contributed by atoms with van der Waals surface area (Å²) in [7, 11) is 0. The molecule has 0 atom stereocenters. The molecular formula is C18H21ClN2O2S. The molecular weight excluding hydrogens is 344 g/mol. The first-order chi connectivity index (χ1) is 11.5. The minimum Gasteiger partial charge on any atom is -0.486 e. The van der Waals surface area contributed by atoms with Crippen LogP contribution < -0.4 is 4.74 Å². The number of thiazole rings is 1. The quantitative estimate of drug-likeness (QED) is 0.746. The topological polar surface area (TPSA) is 42.4 Å². The first-order valence-corrected chi connectivity index (χ1v) is 9.32. The predicted molar refractivity (Wildman–Crippen MR) is 97.0 cm³/mol. The summed E-state index contributed by atoms with van der Waals surface area (Å²) in [6.45, 7) is 6.38. The van der Waals surface area contributed by atoms with Crippen molar-refractivity contribution in [2.45, 2.75) is 52.3 Å². The summed E-state index contributed by atoms with van der Waals surface area (Å²) in [4.78, 5) is 20.1. The Bertz CT molecular complexity index is 721. The van der Waals surface area contributed by atoms with Crippen molar-refractivity contribution >= 4 is 28.8 Å². The van der Waals surface area contributed by atoms with Gasteiger partial charge in [0.25, 0.3) is 5.91 Å². The lowest BCUT2D eigenvalue weighted by atomic mass is 10.2. The van der Waals surface area contributed by atoms with Crippen molar-refractivity contribution in [2.75, 3.05) is 0 Å². The molecule has 128 valence electrons. The van der Waals surface area contributed by atoms with Gasteiger partial charge in [-0.05, 0) is 57.9 Å². The van der Waals surface area contributed by atoms with E-state index in [1.807, 2.05) is 24.0 Å². The Labute approximate surface area is 151 Å². The second-order valence-electron chi connectivity index (χ2n) is 6.30. The van der Waals surface area contributed by atoms with E-state index in [1.54, 1.807) is 12.1 Å². The lowest BCUT2D eigenvalue weighted by Gasteiger charge is -2.26. The highest BCUT2D eigenvalue weighted by atomic mass is 35.5. The molecule has 1 saturated carbocycles. The highest BCUT2D eigenvalue weighted by Crippen LogP contribution is 2.32. The molecule has 0 unspecified atom stereocenters. The van der Waals surface area contributed by atoms with Crippen LogP contribution in [0.4, 0.5) is 0 Å². The Kier molecular flexibility index (Phi) is 5.11. The van der Waals surface area contributed by atoms with E-state index >= 15 is 0 Å². The average Bonchev–Trinajstić information content (AvgIpc) is 3.28. The summed E-state index contributed by atoms with van der Waals surface area (Å²) >= 11 is 7.29. The first-order valence-electron chi connectivity index (χ1n) is 8.13. The van der Waals surface area contributed by atoms with E-state index < -0.39 is 0 Å². The lowest BCUT2D eigenvalue weighted by Crippen LogP contribution is -2.38. The van der Waals surface area contributed by atoms with Crippen molar-refractivity contribution in [1.82, 2.24) is 9.88 Å². The second-order valence-corrected chi connectivity index (χ2v) is 7.82. The van der Waals surface area contributed by atoms with Crippen LogP contribution >= 0.6 is 22.9 Å². The Morgan fingerprint density at radius 1 is 1.38 bits per heavy atom. The van der Waals surface area contributed by atoms with Gasteiger partial charge in [0, 0.05) is 17.1 Å². The van der Waals surface area contributed by atoms with Gasteiger partial charge in [0.1, 0.15) is 22.2 Å². The second kappa shape index (κ2) is 7.11. The molecule has 1 aliphatic carbocycles. The SMILES string of the molecule is Cc1nc(COc2ccc(Cl)cc2)sc1C(=O)N(C(C)C)C1CC1. The van der Waals surface area contributed by atoms with E-state index in [9.17, 15) is 4.79 Å². The third-order valence-corrected chi connectivity index (χ3v) is 5.31. The number of halogens is 1. The zero-order chi connectivity index (χ0) is 17.3. The summed E-state index contributed by atoms with van der Waals surface area (Å²) in [6.07, 6.45) is 2.21. The van der Waals surface area contributed by atoms with Gasteiger partial charge in [0.05, 0.1) is 5.69 Å². The van der Waals surface area contributed by atoms with E-state index in [2.05, 4.69) is 18.8 Å². The molecule has 6 heteroatoms. The highest BCUT2D eigenvalue weighted by molar-refractivity contribution is 7.13. The van der Waals surface area contributed by atoms with Crippen LogP contribution in [0.15, 0.2) is 24.3 Å². The molecule has 0 aliphatic heterocycles. The number of hydrogen-bond donors (Lipinski definition) is 0.